The molecule has 1 rings (SSSR count). The Hall–Kier alpha value is -0.130. The maximum atomic E-state index is 9.19. The predicted octanol–water partition coefficient (Wildman–Crippen LogP) is 2.02. The molecule has 1 N–H and O–H groups in total. The van der Waals surface area contributed by atoms with Gasteiger partial charge in [-0.2, -0.15) is 8.42 Å². The molecule has 4 nitrogen and oxygen atoms in total. The fraction of sp³-hybridized carbons (Fsp3) is 1.00. The van der Waals surface area contributed by atoms with E-state index in [1.165, 1.54) is 45.3 Å². The first-order chi connectivity index (χ1) is 7.36. The van der Waals surface area contributed by atoms with Gasteiger partial charge < -0.3 is 4.90 Å². The number of piperidine rings is 1. The molecule has 1 aliphatic rings. The highest BCUT2D eigenvalue weighted by molar-refractivity contribution is 7.85. The molecule has 1 aliphatic heterocycles. The van der Waals surface area contributed by atoms with E-state index in [0.717, 1.165) is 5.92 Å². The van der Waals surface area contributed by atoms with E-state index in [9.17, 15) is 8.42 Å². The lowest BCUT2D eigenvalue weighted by molar-refractivity contribution is 0.172. The van der Waals surface area contributed by atoms with Gasteiger partial charge in [0, 0.05) is 6.54 Å². The number of rotatable bonds is 3. The Morgan fingerprint density at radius 3 is 2.38 bits per heavy atom. The van der Waals surface area contributed by atoms with Crippen molar-refractivity contribution in [3.63, 3.8) is 0 Å². The monoisotopic (exact) mass is 251 g/mol. The normalized spacial score (nSPS) is 22.4. The Kier molecular flexibility index (Phi) is 7.97. The zero-order valence-corrected chi connectivity index (χ0v) is 11.5. The van der Waals surface area contributed by atoms with E-state index in [4.69, 9.17) is 4.55 Å². The van der Waals surface area contributed by atoms with Crippen LogP contribution in [0.1, 0.15) is 39.5 Å². The van der Waals surface area contributed by atoms with Crippen LogP contribution >= 0.6 is 0 Å². The van der Waals surface area contributed by atoms with E-state index in [2.05, 4.69) is 18.7 Å². The number of nitrogens with zero attached hydrogens (tertiary/aromatic N) is 1. The third-order valence-electron chi connectivity index (χ3n) is 2.72. The van der Waals surface area contributed by atoms with Gasteiger partial charge in [-0.25, -0.2) is 0 Å². The lowest BCUT2D eigenvalue weighted by atomic mass is 9.96. The molecule has 0 aromatic carbocycles. The van der Waals surface area contributed by atoms with Crippen molar-refractivity contribution in [2.24, 2.45) is 5.92 Å². The second-order valence-electron chi connectivity index (χ2n) is 4.45. The quantitative estimate of drug-likeness (QED) is 0.780. The van der Waals surface area contributed by atoms with Crippen LogP contribution in [0.3, 0.4) is 0 Å². The Bertz CT molecular complexity index is 254. The molecule has 0 amide bonds. The number of hydrogen-bond acceptors (Lipinski definition) is 3. The van der Waals surface area contributed by atoms with Crippen LogP contribution in [-0.4, -0.2) is 43.8 Å². The van der Waals surface area contributed by atoms with Crippen LogP contribution in [-0.2, 0) is 10.1 Å². The minimum atomic E-state index is -3.67. The van der Waals surface area contributed by atoms with Gasteiger partial charge in [0.25, 0.3) is 10.1 Å². The molecule has 1 fully saturated rings. The molecule has 1 unspecified atom stereocenters. The summed E-state index contributed by atoms with van der Waals surface area (Å²) in [7, 11) is -3.67. The minimum absolute atomic E-state index is 0.715. The van der Waals surface area contributed by atoms with Crippen molar-refractivity contribution in [2.45, 2.75) is 39.5 Å². The Morgan fingerprint density at radius 1 is 1.38 bits per heavy atom. The highest BCUT2D eigenvalue weighted by Crippen LogP contribution is 2.18. The predicted molar refractivity (Wildman–Crippen MR) is 67.2 cm³/mol. The zero-order chi connectivity index (χ0) is 12.6. The molecule has 1 saturated heterocycles. The lowest BCUT2D eigenvalue weighted by Crippen LogP contribution is -2.35. The summed E-state index contributed by atoms with van der Waals surface area (Å²) in [4.78, 5) is 2.62. The van der Waals surface area contributed by atoms with Gasteiger partial charge in [-0.05, 0) is 38.3 Å². The Balaban J connectivity index is 0.000000385. The van der Waals surface area contributed by atoms with Crippen molar-refractivity contribution in [2.75, 3.05) is 25.9 Å². The lowest BCUT2D eigenvalue weighted by Gasteiger charge is -2.31. The van der Waals surface area contributed by atoms with E-state index >= 15 is 0 Å². The molecule has 0 radical (unpaired) electrons. The maximum Gasteiger partial charge on any atom is 0.261 e. The largest absolute Gasteiger partial charge is 0.303 e. The Morgan fingerprint density at radius 2 is 1.94 bits per heavy atom. The van der Waals surface area contributed by atoms with Crippen molar-refractivity contribution in [3.8, 4) is 0 Å². The third kappa shape index (κ3) is 10.4. The average molecular weight is 251 g/mol. The minimum Gasteiger partial charge on any atom is -0.303 e. The van der Waals surface area contributed by atoms with Crippen LogP contribution < -0.4 is 0 Å². The third-order valence-corrected chi connectivity index (χ3v) is 2.72. The SMILES string of the molecule is CCCN1CCCC(CC)C1.CS(=O)(=O)O. The first kappa shape index (κ1) is 15.9. The van der Waals surface area contributed by atoms with Crippen LogP contribution in [0.15, 0.2) is 0 Å². The van der Waals surface area contributed by atoms with E-state index in [0.29, 0.717) is 6.26 Å². The molecule has 0 aromatic rings. The molecule has 0 aliphatic carbocycles. The zero-order valence-electron chi connectivity index (χ0n) is 10.6. The van der Waals surface area contributed by atoms with Crippen molar-refractivity contribution in [1.29, 1.82) is 0 Å². The van der Waals surface area contributed by atoms with Gasteiger partial charge >= 0.3 is 0 Å². The molecule has 0 saturated carbocycles. The van der Waals surface area contributed by atoms with Crippen molar-refractivity contribution < 1.29 is 13.0 Å². The molecule has 0 spiro atoms. The molecule has 1 heterocycles. The van der Waals surface area contributed by atoms with Crippen LogP contribution in [0.25, 0.3) is 0 Å². The summed E-state index contributed by atoms with van der Waals surface area (Å²) in [6.45, 7) is 8.63. The smallest absolute Gasteiger partial charge is 0.261 e. The van der Waals surface area contributed by atoms with Gasteiger partial charge in [-0.3, -0.25) is 4.55 Å². The van der Waals surface area contributed by atoms with Gasteiger partial charge in [-0.15, -0.1) is 0 Å². The summed E-state index contributed by atoms with van der Waals surface area (Å²) in [5.41, 5.74) is 0. The molecular formula is C11H25NO3S. The van der Waals surface area contributed by atoms with Gasteiger partial charge in [-0.1, -0.05) is 20.3 Å². The first-order valence-electron chi connectivity index (χ1n) is 6.01. The van der Waals surface area contributed by atoms with Crippen LogP contribution in [0.5, 0.6) is 0 Å². The standard InChI is InChI=1S/C10H21N.CH4O3S/c1-3-7-11-8-5-6-10(4-2)9-11;1-5(2,3)4/h10H,3-9H2,1-2H3;1H3,(H,2,3,4). The average Bonchev–Trinajstić information content (AvgIpc) is 2.16. The summed E-state index contributed by atoms with van der Waals surface area (Å²) in [5.74, 6) is 0.996. The second-order valence-corrected chi connectivity index (χ2v) is 5.92. The topological polar surface area (TPSA) is 57.6 Å². The van der Waals surface area contributed by atoms with Gasteiger partial charge in [0.1, 0.15) is 0 Å². The summed E-state index contributed by atoms with van der Waals surface area (Å²) in [6, 6.07) is 0. The summed E-state index contributed by atoms with van der Waals surface area (Å²) >= 11 is 0. The first-order valence-corrected chi connectivity index (χ1v) is 7.86. The molecule has 98 valence electrons. The molecular weight excluding hydrogens is 226 g/mol. The highest BCUT2D eigenvalue weighted by atomic mass is 32.2. The van der Waals surface area contributed by atoms with Crippen LogP contribution in [0.2, 0.25) is 0 Å². The van der Waals surface area contributed by atoms with Gasteiger partial charge in [0.2, 0.25) is 0 Å². The van der Waals surface area contributed by atoms with E-state index in [1.54, 1.807) is 0 Å². The molecule has 0 aromatic heterocycles. The van der Waals surface area contributed by atoms with Gasteiger partial charge in [0.15, 0.2) is 0 Å². The number of likely N-dealkylation sites (tertiary alicyclic amines) is 1. The molecule has 0 bridgehead atoms. The van der Waals surface area contributed by atoms with Crippen molar-refractivity contribution >= 4 is 10.1 Å². The fourth-order valence-corrected chi connectivity index (χ4v) is 2.00. The maximum absolute atomic E-state index is 9.19. The van der Waals surface area contributed by atoms with E-state index < -0.39 is 10.1 Å². The fourth-order valence-electron chi connectivity index (χ4n) is 2.00. The second kappa shape index (κ2) is 8.03. The van der Waals surface area contributed by atoms with Crippen LogP contribution in [0, 0.1) is 5.92 Å². The number of hydrogen-bond donors (Lipinski definition) is 1. The van der Waals surface area contributed by atoms with Crippen molar-refractivity contribution in [1.82, 2.24) is 4.90 Å². The molecule has 1 atom stereocenters. The van der Waals surface area contributed by atoms with Gasteiger partial charge in [0.05, 0.1) is 6.26 Å². The van der Waals surface area contributed by atoms with Crippen LogP contribution in [0.4, 0.5) is 0 Å². The van der Waals surface area contributed by atoms with Crippen molar-refractivity contribution in [3.05, 3.63) is 0 Å². The molecule has 16 heavy (non-hydrogen) atoms. The summed E-state index contributed by atoms with van der Waals surface area (Å²) in [5, 5.41) is 0. The van der Waals surface area contributed by atoms with E-state index in [1.807, 2.05) is 0 Å². The summed E-state index contributed by atoms with van der Waals surface area (Å²) in [6.07, 6.45) is 6.30. The highest BCUT2D eigenvalue weighted by Gasteiger charge is 2.16. The summed E-state index contributed by atoms with van der Waals surface area (Å²) < 4.78 is 25.9. The molecule has 5 heteroatoms. The van der Waals surface area contributed by atoms with E-state index in [-0.39, 0.29) is 0 Å². The Labute approximate surface area is 99.8 Å².